The molecule has 0 spiro atoms. The van der Waals surface area contributed by atoms with Crippen LogP contribution >= 0.6 is 11.8 Å². The zero-order valence-electron chi connectivity index (χ0n) is 24.8. The highest BCUT2D eigenvalue weighted by molar-refractivity contribution is 8.02. The quantitative estimate of drug-likeness (QED) is 0.163. The molecule has 1 aliphatic heterocycles. The lowest BCUT2D eigenvalue weighted by Crippen LogP contribution is -2.45. The molecule has 222 valence electrons. The predicted molar refractivity (Wildman–Crippen MR) is 174 cm³/mol. The number of amides is 1. The number of nitrogens with zero attached hydrogens (tertiary/aromatic N) is 4. The lowest BCUT2D eigenvalue weighted by Gasteiger charge is -2.36. The van der Waals surface area contributed by atoms with Crippen LogP contribution in [0.1, 0.15) is 41.4 Å². The van der Waals surface area contributed by atoms with Crippen LogP contribution in [0, 0.1) is 16.0 Å². The Morgan fingerprint density at radius 2 is 1.60 bits per heavy atom. The number of thioether (sulfide) groups is 1. The molecular weight excluding hydrogens is 558 g/mol. The van der Waals surface area contributed by atoms with Crippen LogP contribution in [-0.4, -0.2) is 58.0 Å². The Kier molecular flexibility index (Phi) is 9.74. The van der Waals surface area contributed by atoms with Gasteiger partial charge in [0, 0.05) is 49.2 Å². The van der Waals surface area contributed by atoms with Crippen molar-refractivity contribution in [1.82, 2.24) is 20.1 Å². The van der Waals surface area contributed by atoms with Gasteiger partial charge in [-0.2, -0.15) is 0 Å². The molecule has 0 bridgehead atoms. The first-order valence-electron chi connectivity index (χ1n) is 14.5. The van der Waals surface area contributed by atoms with Crippen LogP contribution < -0.4 is 5.32 Å². The topological polar surface area (TPSA) is 91.6 Å². The lowest BCUT2D eigenvalue weighted by molar-refractivity contribution is -0.403. The van der Waals surface area contributed by atoms with Crippen LogP contribution in [0.2, 0.25) is 0 Å². The monoisotopic (exact) mass is 595 g/mol. The van der Waals surface area contributed by atoms with E-state index in [2.05, 4.69) is 41.1 Å². The zero-order chi connectivity index (χ0) is 30.3. The predicted octanol–water partition coefficient (Wildman–Crippen LogP) is 6.59. The summed E-state index contributed by atoms with van der Waals surface area (Å²) >= 11 is 1.39. The summed E-state index contributed by atoms with van der Waals surface area (Å²) in [5.41, 5.74) is 5.13. The molecule has 1 N–H and O–H groups in total. The molecule has 4 aromatic rings. The summed E-state index contributed by atoms with van der Waals surface area (Å²) in [4.78, 5) is 34.7. The minimum atomic E-state index is -0.393. The number of aromatic nitrogens is 1. The second-order valence-electron chi connectivity index (χ2n) is 11.0. The van der Waals surface area contributed by atoms with Gasteiger partial charge in [0.15, 0.2) is 0 Å². The third-order valence-electron chi connectivity index (χ3n) is 7.87. The van der Waals surface area contributed by atoms with Gasteiger partial charge in [-0.25, -0.2) is 4.98 Å². The third-order valence-corrected chi connectivity index (χ3v) is 8.65. The molecule has 9 heteroatoms. The van der Waals surface area contributed by atoms with E-state index in [1.165, 1.54) is 11.8 Å². The molecule has 5 rings (SSSR count). The van der Waals surface area contributed by atoms with Crippen LogP contribution in [0.4, 0.5) is 0 Å². The minimum Gasteiger partial charge on any atom is -0.359 e. The van der Waals surface area contributed by atoms with Gasteiger partial charge in [0.2, 0.25) is 0 Å². The van der Waals surface area contributed by atoms with Crippen molar-refractivity contribution >= 4 is 28.6 Å². The molecule has 1 fully saturated rings. The first kappa shape index (κ1) is 30.3. The largest absolute Gasteiger partial charge is 0.359 e. The molecule has 1 amide bonds. The number of nitrogens with one attached hydrogen (secondary N) is 1. The minimum absolute atomic E-state index is 0.120. The first-order chi connectivity index (χ1) is 20.9. The van der Waals surface area contributed by atoms with E-state index < -0.39 is 4.92 Å². The SMILES string of the molecule is CS/C(=C\[N+](=O)[O-])N1CCN(Cc2c(-c3ccccc3)nc3ccccc3c2C(=O)N[C@H](c2ccccc2)C(C)C)CC1. The van der Waals surface area contributed by atoms with Crippen molar-refractivity contribution in [2.24, 2.45) is 5.92 Å². The average molecular weight is 596 g/mol. The van der Waals surface area contributed by atoms with Crippen molar-refractivity contribution in [3.63, 3.8) is 0 Å². The van der Waals surface area contributed by atoms with Crippen molar-refractivity contribution in [2.45, 2.75) is 26.4 Å². The zero-order valence-corrected chi connectivity index (χ0v) is 25.6. The van der Waals surface area contributed by atoms with Gasteiger partial charge in [-0.15, -0.1) is 11.8 Å². The maximum absolute atomic E-state index is 14.4. The Hall–Kier alpha value is -4.21. The van der Waals surface area contributed by atoms with Crippen LogP contribution in [0.15, 0.2) is 96.2 Å². The second kappa shape index (κ2) is 13.8. The van der Waals surface area contributed by atoms with Gasteiger partial charge >= 0.3 is 0 Å². The molecule has 0 radical (unpaired) electrons. The number of hydrogen-bond acceptors (Lipinski definition) is 7. The lowest BCUT2D eigenvalue weighted by atomic mass is 9.93. The van der Waals surface area contributed by atoms with E-state index in [1.54, 1.807) is 0 Å². The molecule has 3 aromatic carbocycles. The normalized spacial score (nSPS) is 15.1. The summed E-state index contributed by atoms with van der Waals surface area (Å²) in [7, 11) is 0. The summed E-state index contributed by atoms with van der Waals surface area (Å²) in [6, 6.07) is 27.8. The summed E-state index contributed by atoms with van der Waals surface area (Å²) in [5.74, 6) is 0.0629. The molecule has 1 aliphatic rings. The standard InChI is InChI=1S/C34H37N5O3S/c1-24(2)32(25-12-6-4-7-13-25)36-34(40)31-27-16-10-11-17-29(27)35-33(26-14-8-5-9-15-26)28(31)22-37-18-20-38(21-19-37)30(43-3)23-39(41)42/h4-17,23-24,32H,18-22H2,1-3H3,(H,36,40)/b30-23-/t32-/m0/s1. The van der Waals surface area contributed by atoms with Crippen molar-refractivity contribution in [1.29, 1.82) is 0 Å². The molecule has 0 aliphatic carbocycles. The third kappa shape index (κ3) is 7.06. The van der Waals surface area contributed by atoms with Crippen LogP contribution in [0.3, 0.4) is 0 Å². The molecule has 0 unspecified atom stereocenters. The summed E-state index contributed by atoms with van der Waals surface area (Å²) in [5, 5.41) is 16.0. The molecule has 1 saturated heterocycles. The fourth-order valence-electron chi connectivity index (χ4n) is 5.71. The highest BCUT2D eigenvalue weighted by atomic mass is 32.2. The summed E-state index contributed by atoms with van der Waals surface area (Å²) in [6.45, 7) is 7.50. The van der Waals surface area contributed by atoms with Crippen LogP contribution in [0.25, 0.3) is 22.2 Å². The van der Waals surface area contributed by atoms with E-state index >= 15 is 0 Å². The van der Waals surface area contributed by atoms with Gasteiger partial charge in [0.25, 0.3) is 12.1 Å². The Morgan fingerprint density at radius 3 is 2.23 bits per heavy atom. The molecule has 0 saturated carbocycles. The average Bonchev–Trinajstić information content (AvgIpc) is 3.03. The van der Waals surface area contributed by atoms with E-state index in [0.717, 1.165) is 39.5 Å². The van der Waals surface area contributed by atoms with Gasteiger partial charge in [-0.05, 0) is 23.8 Å². The smallest absolute Gasteiger partial charge is 0.264 e. The van der Waals surface area contributed by atoms with Crippen LogP contribution in [-0.2, 0) is 6.54 Å². The number of pyridine rings is 1. The van der Waals surface area contributed by atoms with Crippen molar-refractivity contribution in [2.75, 3.05) is 32.4 Å². The number of rotatable bonds is 10. The van der Waals surface area contributed by atoms with Gasteiger partial charge in [-0.1, -0.05) is 92.7 Å². The van der Waals surface area contributed by atoms with Crippen molar-refractivity contribution < 1.29 is 9.72 Å². The Morgan fingerprint density at radius 1 is 0.977 bits per heavy atom. The van der Waals surface area contributed by atoms with E-state index in [4.69, 9.17) is 4.98 Å². The fourth-order valence-corrected chi connectivity index (χ4v) is 6.34. The Bertz CT molecular complexity index is 1600. The van der Waals surface area contributed by atoms with E-state index in [9.17, 15) is 14.9 Å². The maximum atomic E-state index is 14.4. The molecule has 43 heavy (non-hydrogen) atoms. The van der Waals surface area contributed by atoms with Gasteiger partial charge in [0.05, 0.1) is 27.7 Å². The second-order valence-corrected chi connectivity index (χ2v) is 11.8. The maximum Gasteiger partial charge on any atom is 0.264 e. The summed E-state index contributed by atoms with van der Waals surface area (Å²) in [6.07, 6.45) is 2.95. The fraction of sp³-hybridized carbons (Fsp3) is 0.294. The molecule has 8 nitrogen and oxygen atoms in total. The molecule has 1 atom stereocenters. The number of carbonyl (C=O) groups is 1. The molecule has 1 aromatic heterocycles. The number of carbonyl (C=O) groups excluding carboxylic acids is 1. The van der Waals surface area contributed by atoms with E-state index in [0.29, 0.717) is 43.3 Å². The van der Waals surface area contributed by atoms with Gasteiger partial charge in [0.1, 0.15) is 5.03 Å². The number of hydrogen-bond donors (Lipinski definition) is 1. The first-order valence-corrected chi connectivity index (χ1v) is 15.8. The Labute approximate surface area is 257 Å². The van der Waals surface area contributed by atoms with Crippen molar-refractivity contribution in [3.05, 3.63) is 123 Å². The number of nitro groups is 1. The number of para-hydroxylation sites is 1. The highest BCUT2D eigenvalue weighted by Crippen LogP contribution is 2.33. The summed E-state index contributed by atoms with van der Waals surface area (Å²) < 4.78 is 0. The van der Waals surface area contributed by atoms with Crippen molar-refractivity contribution in [3.8, 4) is 11.3 Å². The van der Waals surface area contributed by atoms with E-state index in [1.807, 2.05) is 79.1 Å². The molecular formula is C34H37N5O3S. The van der Waals surface area contributed by atoms with Crippen LogP contribution in [0.5, 0.6) is 0 Å². The number of piperazine rings is 1. The Balaban J connectivity index is 1.56. The number of fused-ring (bicyclic) bond motifs is 1. The highest BCUT2D eigenvalue weighted by Gasteiger charge is 2.28. The van der Waals surface area contributed by atoms with Gasteiger partial charge < -0.3 is 10.2 Å². The number of benzene rings is 3. The molecule has 2 heterocycles. The van der Waals surface area contributed by atoms with E-state index in [-0.39, 0.29) is 17.9 Å². The van der Waals surface area contributed by atoms with Gasteiger partial charge in [-0.3, -0.25) is 19.8 Å².